The number of rotatable bonds is 4. The molecule has 1 aromatic heterocycles. The molecule has 0 aliphatic carbocycles. The van der Waals surface area contributed by atoms with Gasteiger partial charge >= 0.3 is 0 Å². The molecule has 0 aliphatic rings. The van der Waals surface area contributed by atoms with E-state index in [2.05, 4.69) is 10.4 Å². The van der Waals surface area contributed by atoms with Crippen molar-refractivity contribution in [2.75, 3.05) is 5.32 Å². The zero-order chi connectivity index (χ0) is 16.9. The van der Waals surface area contributed by atoms with Gasteiger partial charge in [0, 0.05) is 16.8 Å². The number of anilines is 1. The average molecular weight is 337 g/mol. The predicted molar refractivity (Wildman–Crippen MR) is 91.9 cm³/mol. The number of aromatic nitrogens is 2. The molecule has 1 heterocycles. The Balaban J connectivity index is 1.69. The van der Waals surface area contributed by atoms with Gasteiger partial charge in [0.1, 0.15) is 0 Å². The summed E-state index contributed by atoms with van der Waals surface area (Å²) in [4.78, 5) is 12.2. The van der Waals surface area contributed by atoms with Crippen LogP contribution in [0.1, 0.15) is 21.5 Å². The number of carbonyl (C=O) groups is 1. The molecule has 0 atom stereocenters. The zero-order valence-electron chi connectivity index (χ0n) is 12.6. The van der Waals surface area contributed by atoms with Crippen molar-refractivity contribution in [1.29, 1.82) is 5.26 Å². The van der Waals surface area contributed by atoms with Crippen molar-refractivity contribution in [3.63, 3.8) is 0 Å². The van der Waals surface area contributed by atoms with Crippen LogP contribution >= 0.6 is 11.6 Å². The second-order valence-electron chi connectivity index (χ2n) is 5.20. The molecule has 1 amide bonds. The van der Waals surface area contributed by atoms with Crippen molar-refractivity contribution in [3.8, 4) is 6.07 Å². The quantitative estimate of drug-likeness (QED) is 0.789. The summed E-state index contributed by atoms with van der Waals surface area (Å²) in [5, 5.41) is 16.6. The van der Waals surface area contributed by atoms with Gasteiger partial charge in [-0.25, -0.2) is 0 Å². The molecule has 0 spiro atoms. The van der Waals surface area contributed by atoms with E-state index < -0.39 is 0 Å². The standard InChI is InChI=1S/C18H13ClN4O/c19-16-6-2-4-14(8-16)11-23-12-17(10-21-23)22-18(24)15-5-1-3-13(7-15)9-20/h1-8,10,12H,11H2,(H,22,24). The maximum absolute atomic E-state index is 12.2. The van der Waals surface area contributed by atoms with Gasteiger partial charge in [-0.15, -0.1) is 0 Å². The van der Waals surface area contributed by atoms with Crippen LogP contribution < -0.4 is 5.32 Å². The van der Waals surface area contributed by atoms with E-state index in [4.69, 9.17) is 16.9 Å². The highest BCUT2D eigenvalue weighted by Gasteiger charge is 2.08. The van der Waals surface area contributed by atoms with Gasteiger partial charge in [0.25, 0.3) is 5.91 Å². The summed E-state index contributed by atoms with van der Waals surface area (Å²) < 4.78 is 1.72. The molecule has 2 aromatic carbocycles. The number of nitrogens with zero attached hydrogens (tertiary/aromatic N) is 3. The van der Waals surface area contributed by atoms with E-state index in [0.29, 0.717) is 28.4 Å². The molecule has 6 heteroatoms. The van der Waals surface area contributed by atoms with E-state index in [1.807, 2.05) is 30.3 Å². The lowest BCUT2D eigenvalue weighted by Gasteiger charge is -2.03. The Bertz CT molecular complexity index is 927. The monoisotopic (exact) mass is 336 g/mol. The van der Waals surface area contributed by atoms with Crippen LogP contribution in [0.3, 0.4) is 0 Å². The smallest absolute Gasteiger partial charge is 0.255 e. The minimum Gasteiger partial charge on any atom is -0.319 e. The number of hydrogen-bond acceptors (Lipinski definition) is 3. The Morgan fingerprint density at radius 2 is 2.08 bits per heavy atom. The molecule has 0 fully saturated rings. The fraction of sp³-hybridized carbons (Fsp3) is 0.0556. The number of nitriles is 1. The molecule has 0 unspecified atom stereocenters. The van der Waals surface area contributed by atoms with Crippen molar-refractivity contribution in [2.45, 2.75) is 6.54 Å². The maximum atomic E-state index is 12.2. The summed E-state index contributed by atoms with van der Waals surface area (Å²) in [6, 6.07) is 16.1. The zero-order valence-corrected chi connectivity index (χ0v) is 13.4. The van der Waals surface area contributed by atoms with Crippen LogP contribution in [0.2, 0.25) is 5.02 Å². The van der Waals surface area contributed by atoms with E-state index in [0.717, 1.165) is 5.56 Å². The molecule has 5 nitrogen and oxygen atoms in total. The van der Waals surface area contributed by atoms with E-state index in [9.17, 15) is 4.79 Å². The Morgan fingerprint density at radius 1 is 1.25 bits per heavy atom. The molecule has 0 aliphatic heterocycles. The SMILES string of the molecule is N#Cc1cccc(C(=O)Nc2cnn(Cc3cccc(Cl)c3)c2)c1. The molecule has 0 saturated carbocycles. The molecule has 118 valence electrons. The minimum atomic E-state index is -0.283. The maximum Gasteiger partial charge on any atom is 0.255 e. The fourth-order valence-electron chi connectivity index (χ4n) is 2.27. The van der Waals surface area contributed by atoms with Gasteiger partial charge < -0.3 is 5.32 Å². The summed E-state index contributed by atoms with van der Waals surface area (Å²) in [5.74, 6) is -0.283. The molecule has 0 bridgehead atoms. The van der Waals surface area contributed by atoms with Crippen LogP contribution in [0.5, 0.6) is 0 Å². The third kappa shape index (κ3) is 3.80. The van der Waals surface area contributed by atoms with E-state index >= 15 is 0 Å². The third-order valence-corrected chi connectivity index (χ3v) is 3.61. The first kappa shape index (κ1) is 15.8. The molecular weight excluding hydrogens is 324 g/mol. The van der Waals surface area contributed by atoms with Crippen molar-refractivity contribution >= 4 is 23.2 Å². The molecule has 0 radical (unpaired) electrons. The van der Waals surface area contributed by atoms with Crippen molar-refractivity contribution in [1.82, 2.24) is 9.78 Å². The van der Waals surface area contributed by atoms with Gasteiger partial charge in [0.15, 0.2) is 0 Å². The van der Waals surface area contributed by atoms with Crippen LogP contribution in [0.15, 0.2) is 60.9 Å². The molecule has 0 saturated heterocycles. The molecular formula is C18H13ClN4O. The number of carbonyl (C=O) groups excluding carboxylic acids is 1. The lowest BCUT2D eigenvalue weighted by atomic mass is 10.1. The number of benzene rings is 2. The number of halogens is 1. The summed E-state index contributed by atoms with van der Waals surface area (Å²) >= 11 is 5.97. The molecule has 3 rings (SSSR count). The highest BCUT2D eigenvalue weighted by Crippen LogP contribution is 2.14. The number of hydrogen-bond donors (Lipinski definition) is 1. The first-order valence-corrected chi connectivity index (χ1v) is 7.60. The summed E-state index contributed by atoms with van der Waals surface area (Å²) in [5.41, 5.74) is 2.48. The average Bonchev–Trinajstić information content (AvgIpc) is 3.01. The lowest BCUT2D eigenvalue weighted by molar-refractivity contribution is 0.102. The molecule has 24 heavy (non-hydrogen) atoms. The van der Waals surface area contributed by atoms with Crippen LogP contribution in [-0.2, 0) is 6.54 Å². The number of nitrogens with one attached hydrogen (secondary N) is 1. The highest BCUT2D eigenvalue weighted by atomic mass is 35.5. The summed E-state index contributed by atoms with van der Waals surface area (Å²) in [7, 11) is 0. The van der Waals surface area contributed by atoms with Crippen LogP contribution in [0, 0.1) is 11.3 Å². The summed E-state index contributed by atoms with van der Waals surface area (Å²) in [6.45, 7) is 0.556. The Labute approximate surface area is 144 Å². The Kier molecular flexibility index (Phi) is 4.59. The van der Waals surface area contributed by atoms with Crippen molar-refractivity contribution in [2.24, 2.45) is 0 Å². The van der Waals surface area contributed by atoms with E-state index in [1.165, 1.54) is 0 Å². The predicted octanol–water partition coefficient (Wildman–Crippen LogP) is 3.71. The number of amides is 1. The molecule has 3 aromatic rings. The second-order valence-corrected chi connectivity index (χ2v) is 5.64. The first-order valence-electron chi connectivity index (χ1n) is 7.22. The highest BCUT2D eigenvalue weighted by molar-refractivity contribution is 6.30. The lowest BCUT2D eigenvalue weighted by Crippen LogP contribution is -2.11. The second kappa shape index (κ2) is 6.99. The van der Waals surface area contributed by atoms with Gasteiger partial charge in [-0.3, -0.25) is 9.48 Å². The Hall–Kier alpha value is -3.10. The largest absolute Gasteiger partial charge is 0.319 e. The normalized spacial score (nSPS) is 10.2. The summed E-state index contributed by atoms with van der Waals surface area (Å²) in [6.07, 6.45) is 3.32. The van der Waals surface area contributed by atoms with Gasteiger partial charge in [-0.2, -0.15) is 10.4 Å². The van der Waals surface area contributed by atoms with Gasteiger partial charge in [0.05, 0.1) is 30.1 Å². The van der Waals surface area contributed by atoms with Crippen LogP contribution in [0.25, 0.3) is 0 Å². The van der Waals surface area contributed by atoms with E-state index in [1.54, 1.807) is 41.3 Å². The topological polar surface area (TPSA) is 70.7 Å². The van der Waals surface area contributed by atoms with Gasteiger partial charge in [-0.05, 0) is 35.9 Å². The van der Waals surface area contributed by atoms with E-state index in [-0.39, 0.29) is 5.91 Å². The first-order chi connectivity index (χ1) is 11.6. The fourth-order valence-corrected chi connectivity index (χ4v) is 2.48. The van der Waals surface area contributed by atoms with Gasteiger partial charge in [0.2, 0.25) is 0 Å². The van der Waals surface area contributed by atoms with Crippen molar-refractivity contribution in [3.05, 3.63) is 82.6 Å². The van der Waals surface area contributed by atoms with Gasteiger partial charge in [-0.1, -0.05) is 29.8 Å². The minimum absolute atomic E-state index is 0.283. The van der Waals surface area contributed by atoms with Crippen LogP contribution in [-0.4, -0.2) is 15.7 Å². The van der Waals surface area contributed by atoms with Crippen molar-refractivity contribution < 1.29 is 4.79 Å². The van der Waals surface area contributed by atoms with Crippen LogP contribution in [0.4, 0.5) is 5.69 Å². The Morgan fingerprint density at radius 3 is 2.88 bits per heavy atom. The molecule has 1 N–H and O–H groups in total. The third-order valence-electron chi connectivity index (χ3n) is 3.38.